The maximum Gasteiger partial charge on any atom is 0.265 e. The van der Waals surface area contributed by atoms with E-state index < -0.39 is 0 Å². The van der Waals surface area contributed by atoms with Crippen LogP contribution in [0.4, 0.5) is 5.82 Å². The van der Waals surface area contributed by atoms with Gasteiger partial charge in [0.2, 0.25) is 5.88 Å². The number of nitrogens with zero attached hydrogens (tertiary/aromatic N) is 6. The highest BCUT2D eigenvalue weighted by atomic mass is 32.2. The molecule has 10 heteroatoms. The first kappa shape index (κ1) is 25.3. The lowest BCUT2D eigenvalue weighted by Gasteiger charge is -2.34. The van der Waals surface area contributed by atoms with Crippen LogP contribution in [0, 0.1) is 11.8 Å². The highest BCUT2D eigenvalue weighted by Gasteiger charge is 2.40. The molecule has 1 N–H and O–H groups in total. The molecule has 6 rings (SSSR count). The number of anilines is 1. The van der Waals surface area contributed by atoms with E-state index in [9.17, 15) is 4.79 Å². The predicted octanol–water partition coefficient (Wildman–Crippen LogP) is 5.26. The summed E-state index contributed by atoms with van der Waals surface area (Å²) in [6.45, 7) is 6.95. The molecule has 4 bridgehead atoms. The first-order valence-corrected chi connectivity index (χ1v) is 14.7. The number of amides is 1. The fraction of sp³-hybridized carbons (Fsp3) is 0.571. The van der Waals surface area contributed by atoms with Crippen molar-refractivity contribution in [3.8, 4) is 11.7 Å². The van der Waals surface area contributed by atoms with Crippen molar-refractivity contribution in [3.63, 3.8) is 0 Å². The van der Waals surface area contributed by atoms with Gasteiger partial charge < -0.3 is 9.64 Å². The third-order valence-corrected chi connectivity index (χ3v) is 8.95. The van der Waals surface area contributed by atoms with Gasteiger partial charge in [0, 0.05) is 49.0 Å². The van der Waals surface area contributed by atoms with Crippen molar-refractivity contribution in [2.75, 3.05) is 18.1 Å². The largest absolute Gasteiger partial charge is 0.477 e. The molecule has 0 radical (unpaired) electrons. The smallest absolute Gasteiger partial charge is 0.265 e. The lowest BCUT2D eigenvalue weighted by molar-refractivity contribution is 0.0984. The molecule has 3 aromatic rings. The van der Waals surface area contributed by atoms with E-state index >= 15 is 0 Å². The molecule has 0 spiro atoms. The third-order valence-electron chi connectivity index (χ3n) is 8.23. The minimum absolute atomic E-state index is 0.115. The van der Waals surface area contributed by atoms with E-state index in [-0.39, 0.29) is 11.4 Å². The van der Waals surface area contributed by atoms with Crippen LogP contribution in [0.3, 0.4) is 0 Å². The molecule has 1 saturated carbocycles. The van der Waals surface area contributed by atoms with E-state index in [1.54, 1.807) is 4.68 Å². The van der Waals surface area contributed by atoms with Crippen molar-refractivity contribution in [2.24, 2.45) is 11.8 Å². The Morgan fingerprint density at radius 2 is 1.95 bits per heavy atom. The Morgan fingerprint density at radius 1 is 1.08 bits per heavy atom. The van der Waals surface area contributed by atoms with Crippen LogP contribution < -0.4 is 14.4 Å². The van der Waals surface area contributed by atoms with Crippen molar-refractivity contribution in [3.05, 3.63) is 42.2 Å². The minimum atomic E-state index is -0.175. The van der Waals surface area contributed by atoms with Crippen LogP contribution in [0.25, 0.3) is 5.82 Å². The Balaban J connectivity index is 1.26. The summed E-state index contributed by atoms with van der Waals surface area (Å²) in [5.74, 6) is 3.13. The maximum absolute atomic E-state index is 13.4. The van der Waals surface area contributed by atoms with Crippen molar-refractivity contribution < 1.29 is 9.53 Å². The zero-order chi connectivity index (χ0) is 26.1. The van der Waals surface area contributed by atoms with Crippen LogP contribution >= 0.6 is 11.9 Å². The molecule has 38 heavy (non-hydrogen) atoms. The molecular formula is C28H37N7O2S. The molecule has 5 heterocycles. The lowest BCUT2D eigenvalue weighted by atomic mass is 9.93. The van der Waals surface area contributed by atoms with Gasteiger partial charge in [-0.05, 0) is 69.6 Å². The van der Waals surface area contributed by atoms with Crippen molar-refractivity contribution >= 4 is 23.7 Å². The van der Waals surface area contributed by atoms with Gasteiger partial charge in [0.15, 0.2) is 5.82 Å². The van der Waals surface area contributed by atoms with Gasteiger partial charge in [0.1, 0.15) is 10.8 Å². The molecule has 1 aliphatic carbocycles. The van der Waals surface area contributed by atoms with Crippen molar-refractivity contribution in [2.45, 2.75) is 82.3 Å². The number of aromatic nitrogens is 5. The van der Waals surface area contributed by atoms with Crippen molar-refractivity contribution in [1.29, 1.82) is 0 Å². The number of fused-ring (bicyclic) bond motifs is 6. The second kappa shape index (κ2) is 10.6. The van der Waals surface area contributed by atoms with Crippen LogP contribution in [0.15, 0.2) is 41.7 Å². The van der Waals surface area contributed by atoms with Crippen LogP contribution in [-0.2, 0) is 6.54 Å². The van der Waals surface area contributed by atoms with E-state index in [0.29, 0.717) is 35.6 Å². The number of carbonyl (C=O) groups excluding carboxylic acids is 1. The number of hydrogen-bond acceptors (Lipinski definition) is 7. The van der Waals surface area contributed by atoms with Gasteiger partial charge in [-0.3, -0.25) is 14.2 Å². The molecule has 1 saturated heterocycles. The number of hydrogen-bond donors (Lipinski definition) is 1. The Bertz CT molecular complexity index is 1280. The highest BCUT2D eigenvalue weighted by Crippen LogP contribution is 2.40. The number of carbonyl (C=O) groups is 1. The van der Waals surface area contributed by atoms with Gasteiger partial charge in [-0.2, -0.15) is 5.10 Å². The fourth-order valence-corrected chi connectivity index (χ4v) is 6.84. The molecular weight excluding hydrogens is 498 g/mol. The van der Waals surface area contributed by atoms with Gasteiger partial charge in [-0.25, -0.2) is 9.67 Å². The maximum atomic E-state index is 13.4. The quantitative estimate of drug-likeness (QED) is 0.446. The number of rotatable bonds is 5. The standard InChI is InChI=1S/C28H37N7O2S/c1-28(2)18-21-8-5-14-33-15-12-25(31-33)38-32-27(36)22-9-10-23(29-26(22)34(28)19-21)35-16-11-24(30-35)37-17-13-20-6-3-4-7-20/h9-12,15-16,20-21H,3-8,13-14,17-19H2,1-2H3,(H,32,36). The zero-order valence-corrected chi connectivity index (χ0v) is 23.1. The van der Waals surface area contributed by atoms with E-state index in [2.05, 4.69) is 33.7 Å². The topological polar surface area (TPSA) is 90.1 Å². The molecule has 1 unspecified atom stereocenters. The SMILES string of the molecule is CC1(C)CC2CCCn3ccc(n3)SNC(=O)c3ccc(-n4ccc(OCCC5CCCC5)n4)nc3N1C2. The Labute approximate surface area is 228 Å². The molecule has 2 fully saturated rings. The van der Waals surface area contributed by atoms with E-state index in [4.69, 9.17) is 9.72 Å². The number of pyridine rings is 1. The second-order valence-electron chi connectivity index (χ2n) is 11.5. The van der Waals surface area contributed by atoms with Crippen molar-refractivity contribution in [1.82, 2.24) is 29.3 Å². The Kier molecular flexibility index (Phi) is 7.07. The number of ether oxygens (including phenoxy) is 1. The molecule has 9 nitrogen and oxygen atoms in total. The summed E-state index contributed by atoms with van der Waals surface area (Å²) in [6, 6.07) is 7.55. The summed E-state index contributed by atoms with van der Waals surface area (Å²) in [5.41, 5.74) is 0.446. The first-order chi connectivity index (χ1) is 18.4. The monoisotopic (exact) mass is 535 g/mol. The normalized spacial score (nSPS) is 21.7. The molecule has 1 atom stereocenters. The summed E-state index contributed by atoms with van der Waals surface area (Å²) < 4.78 is 12.7. The molecule has 0 aromatic carbocycles. The van der Waals surface area contributed by atoms with Crippen LogP contribution in [0.5, 0.6) is 5.88 Å². The summed E-state index contributed by atoms with van der Waals surface area (Å²) in [5, 5.41) is 10.0. The van der Waals surface area contributed by atoms with E-state index in [0.717, 1.165) is 49.7 Å². The molecule has 3 aliphatic rings. The van der Waals surface area contributed by atoms with E-state index in [1.807, 2.05) is 41.3 Å². The fourth-order valence-electron chi connectivity index (χ4n) is 6.26. The highest BCUT2D eigenvalue weighted by molar-refractivity contribution is 7.97. The summed E-state index contributed by atoms with van der Waals surface area (Å²) in [6.07, 6.45) is 13.5. The Morgan fingerprint density at radius 3 is 2.82 bits per heavy atom. The molecule has 202 valence electrons. The van der Waals surface area contributed by atoms with Crippen LogP contribution in [-0.4, -0.2) is 49.1 Å². The molecule has 1 amide bonds. The number of aryl methyl sites for hydroxylation is 1. The summed E-state index contributed by atoms with van der Waals surface area (Å²) in [4.78, 5) is 20.7. The van der Waals surface area contributed by atoms with Crippen LogP contribution in [0.2, 0.25) is 0 Å². The minimum Gasteiger partial charge on any atom is -0.477 e. The average Bonchev–Trinajstić information content (AvgIpc) is 3.70. The van der Waals surface area contributed by atoms with E-state index in [1.165, 1.54) is 37.6 Å². The average molecular weight is 536 g/mol. The number of nitrogens with one attached hydrogen (secondary N) is 1. The lowest BCUT2D eigenvalue weighted by Crippen LogP contribution is -2.40. The van der Waals surface area contributed by atoms with Gasteiger partial charge in [-0.15, -0.1) is 5.10 Å². The van der Waals surface area contributed by atoms with Gasteiger partial charge in [-0.1, -0.05) is 25.7 Å². The predicted molar refractivity (Wildman–Crippen MR) is 148 cm³/mol. The Hall–Kier alpha value is -3.01. The summed E-state index contributed by atoms with van der Waals surface area (Å²) >= 11 is 1.24. The summed E-state index contributed by atoms with van der Waals surface area (Å²) in [7, 11) is 0. The first-order valence-electron chi connectivity index (χ1n) is 13.9. The molecule has 3 aromatic heterocycles. The van der Waals surface area contributed by atoms with Gasteiger partial charge >= 0.3 is 0 Å². The second-order valence-corrected chi connectivity index (χ2v) is 12.3. The zero-order valence-electron chi connectivity index (χ0n) is 22.3. The molecule has 2 aliphatic heterocycles. The third kappa shape index (κ3) is 5.41. The van der Waals surface area contributed by atoms with Gasteiger partial charge in [0.25, 0.3) is 5.91 Å². The van der Waals surface area contributed by atoms with Crippen LogP contribution in [0.1, 0.15) is 75.6 Å². The van der Waals surface area contributed by atoms with Gasteiger partial charge in [0.05, 0.1) is 12.2 Å².